The van der Waals surface area contributed by atoms with Gasteiger partial charge in [-0.15, -0.1) is 0 Å². The number of nitrogens with one attached hydrogen (secondary N) is 1. The first-order chi connectivity index (χ1) is 6.49. The molecular formula is C8H10N2O3S. The zero-order valence-electron chi connectivity index (χ0n) is 7.77. The molecule has 0 saturated heterocycles. The van der Waals surface area contributed by atoms with Crippen LogP contribution in [0.4, 0.5) is 0 Å². The Labute approximate surface area is 84.6 Å². The lowest BCUT2D eigenvalue weighted by molar-refractivity contribution is -0.136. The Hall–Kier alpha value is -1.30. The van der Waals surface area contributed by atoms with E-state index >= 15 is 0 Å². The third-order valence-corrected chi connectivity index (χ3v) is 2.46. The number of hydrogen-bond donors (Lipinski definition) is 2. The molecule has 76 valence electrons. The van der Waals surface area contributed by atoms with Gasteiger partial charge in [0, 0.05) is 11.8 Å². The number of H-pyrrole nitrogens is 1. The van der Waals surface area contributed by atoms with Crippen LogP contribution < -0.4 is 5.56 Å². The number of aryl methyl sites for hydroxylation is 1. The molecule has 1 aromatic heterocycles. The van der Waals surface area contributed by atoms with Crippen molar-refractivity contribution in [1.29, 1.82) is 0 Å². The number of aromatic nitrogens is 2. The number of carbonyl (C=O) groups is 1. The lowest BCUT2D eigenvalue weighted by Crippen LogP contribution is -2.14. The maximum Gasteiger partial charge on any atom is 0.316 e. The molecule has 14 heavy (non-hydrogen) atoms. The molecule has 0 amide bonds. The van der Waals surface area contributed by atoms with Crippen LogP contribution in [0.3, 0.4) is 0 Å². The molecule has 1 rings (SSSR count). The topological polar surface area (TPSA) is 83.0 Å². The number of aromatic amines is 1. The Bertz CT molecular complexity index is 402. The van der Waals surface area contributed by atoms with Gasteiger partial charge in [-0.05, 0) is 13.8 Å². The summed E-state index contributed by atoms with van der Waals surface area (Å²) < 4.78 is 0. The van der Waals surface area contributed by atoms with Crippen molar-refractivity contribution < 1.29 is 9.90 Å². The van der Waals surface area contributed by atoms with Crippen LogP contribution in [0.15, 0.2) is 16.0 Å². The number of carboxylic acid groups (broad SMARTS) is 1. The van der Waals surface area contributed by atoms with E-state index in [1.807, 2.05) is 0 Å². The molecule has 0 saturated carbocycles. The molecule has 1 heterocycles. The molecule has 0 spiro atoms. The fraction of sp³-hybridized carbons (Fsp3) is 0.375. The van der Waals surface area contributed by atoms with E-state index in [1.165, 1.54) is 13.0 Å². The molecule has 6 heteroatoms. The smallest absolute Gasteiger partial charge is 0.316 e. The highest BCUT2D eigenvalue weighted by molar-refractivity contribution is 8.00. The van der Waals surface area contributed by atoms with E-state index in [4.69, 9.17) is 5.11 Å². The summed E-state index contributed by atoms with van der Waals surface area (Å²) in [5.74, 6) is -0.931. The minimum Gasteiger partial charge on any atom is -0.480 e. The average Bonchev–Trinajstić information content (AvgIpc) is 2.01. The van der Waals surface area contributed by atoms with E-state index in [0.29, 0.717) is 10.9 Å². The molecule has 0 aliphatic carbocycles. The van der Waals surface area contributed by atoms with Gasteiger partial charge in [0.1, 0.15) is 5.25 Å². The highest BCUT2D eigenvalue weighted by Crippen LogP contribution is 2.17. The molecule has 0 aliphatic rings. The Balaban J connectivity index is 2.87. The molecule has 2 N–H and O–H groups in total. The molecule has 0 fully saturated rings. The van der Waals surface area contributed by atoms with Crippen molar-refractivity contribution >= 4 is 17.7 Å². The first kappa shape index (κ1) is 10.8. The predicted molar refractivity (Wildman–Crippen MR) is 52.5 cm³/mol. The Morgan fingerprint density at radius 2 is 2.36 bits per heavy atom. The lowest BCUT2D eigenvalue weighted by atomic mass is 10.5. The summed E-state index contributed by atoms with van der Waals surface area (Å²) in [4.78, 5) is 28.0. The molecule has 0 aliphatic heterocycles. The van der Waals surface area contributed by atoms with Gasteiger partial charge in [-0.2, -0.15) is 0 Å². The Morgan fingerprint density at radius 1 is 1.71 bits per heavy atom. The number of carboxylic acids is 1. The van der Waals surface area contributed by atoms with Gasteiger partial charge in [0.05, 0.1) is 0 Å². The molecular weight excluding hydrogens is 204 g/mol. The second-order valence-electron chi connectivity index (χ2n) is 2.79. The number of rotatable bonds is 3. The van der Waals surface area contributed by atoms with Crippen LogP contribution in [0.1, 0.15) is 12.6 Å². The van der Waals surface area contributed by atoms with Crippen molar-refractivity contribution in [2.45, 2.75) is 24.3 Å². The Morgan fingerprint density at radius 3 is 2.86 bits per heavy atom. The van der Waals surface area contributed by atoms with Crippen LogP contribution in [-0.4, -0.2) is 26.3 Å². The van der Waals surface area contributed by atoms with Crippen molar-refractivity contribution in [2.75, 3.05) is 0 Å². The third kappa shape index (κ3) is 2.88. The summed E-state index contributed by atoms with van der Waals surface area (Å²) >= 11 is 1.01. The summed E-state index contributed by atoms with van der Waals surface area (Å²) in [5.41, 5.74) is 0.312. The van der Waals surface area contributed by atoms with Crippen molar-refractivity contribution in [1.82, 2.24) is 9.97 Å². The van der Waals surface area contributed by atoms with Crippen LogP contribution in [-0.2, 0) is 4.79 Å². The van der Waals surface area contributed by atoms with E-state index in [0.717, 1.165) is 11.8 Å². The summed E-state index contributed by atoms with van der Waals surface area (Å²) in [7, 11) is 0. The highest BCUT2D eigenvalue weighted by Gasteiger charge is 2.13. The fourth-order valence-corrected chi connectivity index (χ4v) is 1.62. The maximum atomic E-state index is 11.0. The second kappa shape index (κ2) is 4.28. The fourth-order valence-electron chi connectivity index (χ4n) is 0.825. The standard InChI is InChI=1S/C8H10N2O3S/c1-4-3-6(11)10-8(9-4)14-5(2)7(12)13/h3,5H,1-2H3,(H,12,13)(H,9,10,11)/t5-/m0/s1. The van der Waals surface area contributed by atoms with Crippen molar-refractivity contribution in [2.24, 2.45) is 0 Å². The minimum atomic E-state index is -0.931. The van der Waals surface area contributed by atoms with Crippen molar-refractivity contribution in [3.63, 3.8) is 0 Å². The van der Waals surface area contributed by atoms with Crippen molar-refractivity contribution in [3.8, 4) is 0 Å². The average molecular weight is 214 g/mol. The molecule has 0 unspecified atom stereocenters. The van der Waals surface area contributed by atoms with Crippen molar-refractivity contribution in [3.05, 3.63) is 22.1 Å². The van der Waals surface area contributed by atoms with Crippen LogP contribution in [0.2, 0.25) is 0 Å². The lowest BCUT2D eigenvalue weighted by Gasteiger charge is -2.04. The number of hydrogen-bond acceptors (Lipinski definition) is 4. The summed E-state index contributed by atoms with van der Waals surface area (Å²) in [6.07, 6.45) is 0. The largest absolute Gasteiger partial charge is 0.480 e. The minimum absolute atomic E-state index is 0.266. The normalized spacial score (nSPS) is 12.4. The van der Waals surface area contributed by atoms with E-state index in [-0.39, 0.29) is 5.56 Å². The number of thioether (sulfide) groups is 1. The van der Waals surface area contributed by atoms with Gasteiger partial charge in [-0.1, -0.05) is 11.8 Å². The van der Waals surface area contributed by atoms with Crippen LogP contribution in [0.5, 0.6) is 0 Å². The van der Waals surface area contributed by atoms with Gasteiger partial charge in [0.15, 0.2) is 5.16 Å². The zero-order valence-corrected chi connectivity index (χ0v) is 8.59. The SMILES string of the molecule is Cc1cc(=O)[nH]c(S[C@@H](C)C(=O)O)n1. The molecule has 1 atom stereocenters. The number of aliphatic carboxylic acids is 1. The van der Waals surface area contributed by atoms with Gasteiger partial charge in [0.25, 0.3) is 5.56 Å². The second-order valence-corrected chi connectivity index (χ2v) is 4.12. The van der Waals surface area contributed by atoms with Gasteiger partial charge in [0.2, 0.25) is 0 Å². The third-order valence-electron chi connectivity index (χ3n) is 1.48. The molecule has 5 nitrogen and oxygen atoms in total. The van der Waals surface area contributed by atoms with E-state index in [9.17, 15) is 9.59 Å². The maximum absolute atomic E-state index is 11.0. The van der Waals surface area contributed by atoms with Crippen LogP contribution in [0, 0.1) is 6.92 Å². The predicted octanol–water partition coefficient (Wildman–Crippen LogP) is 0.644. The Kier molecular flexibility index (Phi) is 3.29. The number of nitrogens with zero attached hydrogens (tertiary/aromatic N) is 1. The van der Waals surface area contributed by atoms with Gasteiger partial charge in [-0.25, -0.2) is 4.98 Å². The molecule has 0 radical (unpaired) electrons. The van der Waals surface area contributed by atoms with Crippen LogP contribution in [0.25, 0.3) is 0 Å². The van der Waals surface area contributed by atoms with Gasteiger partial charge >= 0.3 is 5.97 Å². The zero-order chi connectivity index (χ0) is 10.7. The summed E-state index contributed by atoms with van der Waals surface area (Å²) in [5, 5.41) is 8.35. The molecule has 1 aromatic rings. The highest BCUT2D eigenvalue weighted by atomic mass is 32.2. The summed E-state index contributed by atoms with van der Waals surface area (Å²) in [6.45, 7) is 3.22. The van der Waals surface area contributed by atoms with E-state index in [1.54, 1.807) is 6.92 Å². The van der Waals surface area contributed by atoms with Gasteiger partial charge < -0.3 is 10.1 Å². The summed E-state index contributed by atoms with van der Waals surface area (Å²) in [6, 6.07) is 1.36. The molecule has 0 aromatic carbocycles. The quantitative estimate of drug-likeness (QED) is 0.570. The van der Waals surface area contributed by atoms with E-state index in [2.05, 4.69) is 9.97 Å². The first-order valence-corrected chi connectivity index (χ1v) is 4.84. The first-order valence-electron chi connectivity index (χ1n) is 3.96. The monoisotopic (exact) mass is 214 g/mol. The van der Waals surface area contributed by atoms with Crippen LogP contribution >= 0.6 is 11.8 Å². The van der Waals surface area contributed by atoms with E-state index < -0.39 is 11.2 Å². The molecule has 0 bridgehead atoms. The van der Waals surface area contributed by atoms with Gasteiger partial charge in [-0.3, -0.25) is 9.59 Å².